The van der Waals surface area contributed by atoms with Gasteiger partial charge >= 0.3 is 0 Å². The van der Waals surface area contributed by atoms with Gasteiger partial charge in [-0.05, 0) is 37.3 Å². The molecule has 0 aliphatic rings. The zero-order valence-electron chi connectivity index (χ0n) is 13.9. The first kappa shape index (κ1) is 16.2. The summed E-state index contributed by atoms with van der Waals surface area (Å²) in [5.41, 5.74) is 3.18. The Kier molecular flexibility index (Phi) is 3.69. The van der Waals surface area contributed by atoms with Crippen molar-refractivity contribution in [3.05, 3.63) is 42.4 Å². The Morgan fingerprint density at radius 1 is 1.12 bits per heavy atom. The van der Waals surface area contributed by atoms with Gasteiger partial charge in [-0.25, -0.2) is 18.4 Å². The van der Waals surface area contributed by atoms with Crippen LogP contribution in [0.1, 0.15) is 5.82 Å². The number of H-pyrrole nitrogens is 1. The number of sulfonamides is 1. The first-order valence-corrected chi connectivity index (χ1v) is 9.52. The normalized spacial score (nSPS) is 11.8. The van der Waals surface area contributed by atoms with E-state index in [0.717, 1.165) is 17.6 Å². The van der Waals surface area contributed by atoms with Crippen molar-refractivity contribution in [2.45, 2.75) is 6.92 Å². The predicted molar refractivity (Wildman–Crippen MR) is 95.8 cm³/mol. The van der Waals surface area contributed by atoms with Crippen molar-refractivity contribution in [3.8, 4) is 22.8 Å². The molecule has 4 rings (SSSR count). The van der Waals surface area contributed by atoms with Crippen molar-refractivity contribution in [1.29, 1.82) is 0 Å². The minimum Gasteiger partial charge on any atom is -0.340 e. The highest BCUT2D eigenvalue weighted by atomic mass is 32.2. The fraction of sp³-hybridized carbons (Fsp3) is 0.125. The third-order valence-corrected chi connectivity index (χ3v) is 4.22. The van der Waals surface area contributed by atoms with Gasteiger partial charge in [-0.2, -0.15) is 4.98 Å². The zero-order valence-corrected chi connectivity index (χ0v) is 14.7. The lowest BCUT2D eigenvalue weighted by molar-refractivity contribution is 0.432. The Labute approximate surface area is 148 Å². The Bertz CT molecular complexity index is 1190. The Hall–Kier alpha value is -3.27. The van der Waals surface area contributed by atoms with Crippen LogP contribution in [0.3, 0.4) is 0 Å². The molecule has 2 N–H and O–H groups in total. The van der Waals surface area contributed by atoms with Crippen LogP contribution in [0.5, 0.6) is 0 Å². The van der Waals surface area contributed by atoms with E-state index in [1.165, 1.54) is 0 Å². The second-order valence-electron chi connectivity index (χ2n) is 5.75. The molecule has 0 radical (unpaired) electrons. The minimum atomic E-state index is -3.32. The number of aromatic amines is 1. The molecule has 4 aromatic rings. The molecule has 9 nitrogen and oxygen atoms in total. The summed E-state index contributed by atoms with van der Waals surface area (Å²) in [7, 11) is -3.32. The van der Waals surface area contributed by atoms with E-state index >= 15 is 0 Å². The second kappa shape index (κ2) is 5.92. The van der Waals surface area contributed by atoms with Crippen LogP contribution in [0.25, 0.3) is 34.0 Å². The molecule has 26 heavy (non-hydrogen) atoms. The number of nitrogens with one attached hydrogen (secondary N) is 2. The number of rotatable bonds is 4. The summed E-state index contributed by atoms with van der Waals surface area (Å²) in [6.45, 7) is 1.84. The van der Waals surface area contributed by atoms with E-state index in [1.807, 2.05) is 6.92 Å². The average molecular weight is 370 g/mol. The van der Waals surface area contributed by atoms with Gasteiger partial charge in [-0.3, -0.25) is 4.72 Å². The number of hydrogen-bond donors (Lipinski definition) is 2. The molecular weight excluding hydrogens is 356 g/mol. The van der Waals surface area contributed by atoms with Crippen LogP contribution in [0.4, 0.5) is 5.69 Å². The van der Waals surface area contributed by atoms with Gasteiger partial charge in [-0.1, -0.05) is 5.16 Å². The third-order valence-electron chi connectivity index (χ3n) is 3.61. The van der Waals surface area contributed by atoms with Crippen molar-refractivity contribution < 1.29 is 12.9 Å². The number of nitrogens with zero attached hydrogens (tertiary/aromatic N) is 4. The van der Waals surface area contributed by atoms with E-state index in [-0.39, 0.29) is 0 Å². The van der Waals surface area contributed by atoms with Gasteiger partial charge in [0.2, 0.25) is 15.8 Å². The fourth-order valence-electron chi connectivity index (χ4n) is 2.56. The highest BCUT2D eigenvalue weighted by molar-refractivity contribution is 7.92. The van der Waals surface area contributed by atoms with Crippen molar-refractivity contribution in [3.63, 3.8) is 0 Å². The van der Waals surface area contributed by atoms with Crippen molar-refractivity contribution in [2.24, 2.45) is 0 Å². The molecule has 0 amide bonds. The average Bonchev–Trinajstić information content (AvgIpc) is 3.19. The van der Waals surface area contributed by atoms with Gasteiger partial charge in [0.1, 0.15) is 5.82 Å². The fourth-order valence-corrected chi connectivity index (χ4v) is 3.12. The molecule has 0 spiro atoms. The molecule has 0 unspecified atom stereocenters. The molecule has 132 valence electrons. The Morgan fingerprint density at radius 3 is 2.62 bits per heavy atom. The van der Waals surface area contributed by atoms with Gasteiger partial charge in [0, 0.05) is 17.4 Å². The topological polar surface area (TPSA) is 127 Å². The van der Waals surface area contributed by atoms with E-state index < -0.39 is 10.0 Å². The van der Waals surface area contributed by atoms with E-state index in [1.54, 1.807) is 36.5 Å². The highest BCUT2D eigenvalue weighted by Gasteiger charge is 2.15. The number of anilines is 1. The lowest BCUT2D eigenvalue weighted by Crippen LogP contribution is -2.09. The van der Waals surface area contributed by atoms with Crippen LogP contribution in [0.15, 0.2) is 41.1 Å². The van der Waals surface area contributed by atoms with Gasteiger partial charge in [-0.15, -0.1) is 0 Å². The molecule has 1 aromatic carbocycles. The number of pyridine rings is 1. The second-order valence-corrected chi connectivity index (χ2v) is 7.50. The highest BCUT2D eigenvalue weighted by Crippen LogP contribution is 2.27. The summed E-state index contributed by atoms with van der Waals surface area (Å²) in [4.78, 5) is 16.1. The van der Waals surface area contributed by atoms with Gasteiger partial charge in [0.25, 0.3) is 5.89 Å². The summed E-state index contributed by atoms with van der Waals surface area (Å²) >= 11 is 0. The summed E-state index contributed by atoms with van der Waals surface area (Å²) in [5.74, 6) is 1.48. The third kappa shape index (κ3) is 3.14. The maximum Gasteiger partial charge on any atom is 0.260 e. The smallest absolute Gasteiger partial charge is 0.260 e. The molecule has 0 atom stereocenters. The van der Waals surface area contributed by atoms with Crippen LogP contribution in [0.2, 0.25) is 0 Å². The lowest BCUT2D eigenvalue weighted by Gasteiger charge is -2.03. The number of aromatic nitrogens is 5. The van der Waals surface area contributed by atoms with Crippen molar-refractivity contribution >= 4 is 26.9 Å². The van der Waals surface area contributed by atoms with Crippen LogP contribution in [-0.4, -0.2) is 39.8 Å². The van der Waals surface area contributed by atoms with E-state index in [4.69, 9.17) is 4.52 Å². The summed E-state index contributed by atoms with van der Waals surface area (Å²) in [6, 6.07) is 8.47. The lowest BCUT2D eigenvalue weighted by atomic mass is 10.2. The van der Waals surface area contributed by atoms with Crippen LogP contribution in [0, 0.1) is 6.92 Å². The molecule has 10 heteroatoms. The van der Waals surface area contributed by atoms with Crippen LogP contribution < -0.4 is 4.72 Å². The number of aryl methyl sites for hydroxylation is 1. The molecule has 0 saturated carbocycles. The SMILES string of the molecule is Cc1nc2nccc(-c3nc(-c4ccc(NS(C)(=O)=O)cc4)no3)c2[nH]1. The predicted octanol–water partition coefficient (Wildman–Crippen LogP) is 2.35. The van der Waals surface area contributed by atoms with Crippen LogP contribution in [-0.2, 0) is 10.0 Å². The maximum atomic E-state index is 11.3. The van der Waals surface area contributed by atoms with Gasteiger partial charge < -0.3 is 9.51 Å². The minimum absolute atomic E-state index is 0.342. The number of benzene rings is 1. The number of imidazole rings is 1. The molecule has 3 heterocycles. The largest absolute Gasteiger partial charge is 0.340 e. The summed E-state index contributed by atoms with van der Waals surface area (Å²) in [5, 5.41) is 4.00. The molecule has 3 aromatic heterocycles. The first-order valence-electron chi connectivity index (χ1n) is 7.63. The van der Waals surface area contributed by atoms with E-state index in [0.29, 0.717) is 34.2 Å². The van der Waals surface area contributed by atoms with Gasteiger partial charge in [0.15, 0.2) is 5.65 Å². The Morgan fingerprint density at radius 2 is 1.88 bits per heavy atom. The maximum absolute atomic E-state index is 11.3. The van der Waals surface area contributed by atoms with E-state index in [2.05, 4.69) is 29.8 Å². The molecule has 0 bridgehead atoms. The molecule has 0 saturated heterocycles. The zero-order chi connectivity index (χ0) is 18.3. The molecule has 0 fully saturated rings. The van der Waals surface area contributed by atoms with E-state index in [9.17, 15) is 8.42 Å². The molecule has 0 aliphatic heterocycles. The molecule has 0 aliphatic carbocycles. The monoisotopic (exact) mass is 370 g/mol. The van der Waals surface area contributed by atoms with Gasteiger partial charge in [0.05, 0.1) is 17.3 Å². The first-order chi connectivity index (χ1) is 12.4. The summed E-state index contributed by atoms with van der Waals surface area (Å²) in [6.07, 6.45) is 2.73. The summed E-state index contributed by atoms with van der Waals surface area (Å²) < 4.78 is 30.3. The van der Waals surface area contributed by atoms with Crippen molar-refractivity contribution in [1.82, 2.24) is 25.1 Å². The quantitative estimate of drug-likeness (QED) is 0.564. The standard InChI is InChI=1S/C16H14N6O3S/c1-9-18-13-12(7-8-17-15(13)19-9)16-20-14(21-25-16)10-3-5-11(6-4-10)22-26(2,23)24/h3-8,22H,1-2H3,(H,17,18,19). The van der Waals surface area contributed by atoms with Crippen molar-refractivity contribution in [2.75, 3.05) is 11.0 Å². The number of fused-ring (bicyclic) bond motifs is 1. The number of hydrogen-bond acceptors (Lipinski definition) is 7. The molecular formula is C16H14N6O3S. The Balaban J connectivity index is 1.67. The van der Waals surface area contributed by atoms with Crippen LogP contribution >= 0.6 is 0 Å².